The molecule has 2 saturated carbocycles. The second-order valence-corrected chi connectivity index (χ2v) is 7.42. The van der Waals surface area contributed by atoms with Crippen molar-refractivity contribution in [3.63, 3.8) is 0 Å². The van der Waals surface area contributed by atoms with Gasteiger partial charge in [-0.25, -0.2) is 4.98 Å². The zero-order valence-electron chi connectivity index (χ0n) is 14.0. The van der Waals surface area contributed by atoms with Crippen LogP contribution in [0.2, 0.25) is 0 Å². The number of hydrogen-bond acceptors (Lipinski definition) is 4. The first-order valence-corrected chi connectivity index (χ1v) is 8.63. The van der Waals surface area contributed by atoms with E-state index in [0.717, 1.165) is 43.5 Å². The van der Waals surface area contributed by atoms with Crippen molar-refractivity contribution in [2.24, 2.45) is 11.3 Å². The van der Waals surface area contributed by atoms with Crippen LogP contribution in [0.1, 0.15) is 43.0 Å². The molecule has 2 heterocycles. The molecule has 0 aliphatic heterocycles. The van der Waals surface area contributed by atoms with E-state index in [1.54, 1.807) is 12.4 Å². The van der Waals surface area contributed by atoms with E-state index in [4.69, 9.17) is 4.74 Å². The lowest BCUT2D eigenvalue weighted by Gasteiger charge is -2.58. The van der Waals surface area contributed by atoms with Crippen LogP contribution in [0.25, 0.3) is 0 Å². The fourth-order valence-corrected chi connectivity index (χ4v) is 4.23. The van der Waals surface area contributed by atoms with Crippen LogP contribution in [0.5, 0.6) is 5.75 Å². The van der Waals surface area contributed by atoms with Crippen LogP contribution < -0.4 is 4.74 Å². The van der Waals surface area contributed by atoms with Gasteiger partial charge in [0.25, 0.3) is 0 Å². The molecule has 0 radical (unpaired) electrons. The van der Waals surface area contributed by atoms with E-state index in [-0.39, 0.29) is 17.4 Å². The average Bonchev–Trinajstić information content (AvgIpc) is 2.55. The van der Waals surface area contributed by atoms with E-state index in [9.17, 15) is 18.3 Å². The Kier molecular flexibility index (Phi) is 4.14. The van der Waals surface area contributed by atoms with Crippen LogP contribution in [0, 0.1) is 11.3 Å². The number of ether oxygens (including phenoxy) is 1. The van der Waals surface area contributed by atoms with Crippen molar-refractivity contribution in [2.75, 3.05) is 0 Å². The number of rotatable bonds is 4. The first-order chi connectivity index (χ1) is 12.3. The Hall–Kier alpha value is -2.15. The van der Waals surface area contributed by atoms with Gasteiger partial charge in [0.1, 0.15) is 11.4 Å². The maximum atomic E-state index is 12.5. The van der Waals surface area contributed by atoms with Gasteiger partial charge in [0.05, 0.1) is 18.4 Å². The van der Waals surface area contributed by atoms with Crippen molar-refractivity contribution in [3.05, 3.63) is 54.1 Å². The molecule has 0 amide bonds. The highest BCUT2D eigenvalue weighted by molar-refractivity contribution is 5.23. The molecule has 7 heteroatoms. The standard InChI is InChI=1S/C19H19F3N2O2/c20-19(21,22)16-4-3-14(11-24-16)26-15-8-18(9-15)6-13(7-18)17(25)12-2-1-5-23-10-12/h1-5,10-11,13,15,17,25H,6-9H2. The number of aliphatic hydroxyl groups is 1. The van der Waals surface area contributed by atoms with E-state index in [1.165, 1.54) is 6.07 Å². The molecule has 0 aromatic carbocycles. The number of nitrogens with zero attached hydrogens (tertiary/aromatic N) is 2. The van der Waals surface area contributed by atoms with Crippen molar-refractivity contribution in [3.8, 4) is 5.75 Å². The molecule has 26 heavy (non-hydrogen) atoms. The van der Waals surface area contributed by atoms with Gasteiger partial charge in [0, 0.05) is 12.4 Å². The third-order valence-electron chi connectivity index (χ3n) is 5.51. The SMILES string of the molecule is OC(c1cccnc1)C1CC2(CC(Oc3ccc(C(F)(F)F)nc3)C2)C1. The van der Waals surface area contributed by atoms with Gasteiger partial charge >= 0.3 is 6.18 Å². The highest BCUT2D eigenvalue weighted by Gasteiger charge is 2.55. The predicted octanol–water partition coefficient (Wildman–Crippen LogP) is 4.17. The van der Waals surface area contributed by atoms with Gasteiger partial charge < -0.3 is 9.84 Å². The number of hydrogen-bond donors (Lipinski definition) is 1. The summed E-state index contributed by atoms with van der Waals surface area (Å²) >= 11 is 0. The lowest BCUT2D eigenvalue weighted by Crippen LogP contribution is -2.53. The van der Waals surface area contributed by atoms with E-state index < -0.39 is 18.0 Å². The number of halogens is 3. The molecule has 2 aromatic heterocycles. The molecular formula is C19H19F3N2O2. The van der Waals surface area contributed by atoms with Crippen LogP contribution in [-0.2, 0) is 6.18 Å². The number of aromatic nitrogens is 2. The third-order valence-corrected chi connectivity index (χ3v) is 5.51. The van der Waals surface area contributed by atoms with E-state index >= 15 is 0 Å². The summed E-state index contributed by atoms with van der Waals surface area (Å²) in [5.41, 5.74) is 0.133. The van der Waals surface area contributed by atoms with Crippen molar-refractivity contribution in [1.29, 1.82) is 0 Å². The van der Waals surface area contributed by atoms with Gasteiger partial charge in [-0.05, 0) is 60.8 Å². The van der Waals surface area contributed by atoms with Gasteiger partial charge in [0.2, 0.25) is 0 Å². The second-order valence-electron chi connectivity index (χ2n) is 7.42. The number of alkyl halides is 3. The van der Waals surface area contributed by atoms with Crippen LogP contribution in [0.4, 0.5) is 13.2 Å². The summed E-state index contributed by atoms with van der Waals surface area (Å²) < 4.78 is 43.3. The molecule has 2 aromatic rings. The highest BCUT2D eigenvalue weighted by Crippen LogP contribution is 2.62. The maximum Gasteiger partial charge on any atom is 0.433 e. The van der Waals surface area contributed by atoms with Crippen LogP contribution in [-0.4, -0.2) is 21.2 Å². The Bertz CT molecular complexity index is 751. The molecule has 4 nitrogen and oxygen atoms in total. The van der Waals surface area contributed by atoms with E-state index in [2.05, 4.69) is 9.97 Å². The number of pyridine rings is 2. The van der Waals surface area contributed by atoms with Crippen molar-refractivity contribution < 1.29 is 23.0 Å². The quantitative estimate of drug-likeness (QED) is 0.885. The Morgan fingerprint density at radius 3 is 2.46 bits per heavy atom. The van der Waals surface area contributed by atoms with Crippen molar-refractivity contribution >= 4 is 0 Å². The fourth-order valence-electron chi connectivity index (χ4n) is 4.23. The summed E-state index contributed by atoms with van der Waals surface area (Å²) in [7, 11) is 0. The molecule has 2 fully saturated rings. The van der Waals surface area contributed by atoms with Gasteiger partial charge in [-0.15, -0.1) is 0 Å². The summed E-state index contributed by atoms with van der Waals surface area (Å²) in [6.45, 7) is 0. The summed E-state index contributed by atoms with van der Waals surface area (Å²) in [6.07, 6.45) is 3.19. The molecule has 1 N–H and O–H groups in total. The number of aliphatic hydroxyl groups excluding tert-OH is 1. The molecule has 1 atom stereocenters. The predicted molar refractivity (Wildman–Crippen MR) is 87.2 cm³/mol. The van der Waals surface area contributed by atoms with Crippen molar-refractivity contribution in [1.82, 2.24) is 9.97 Å². The second kappa shape index (κ2) is 6.23. The summed E-state index contributed by atoms with van der Waals surface area (Å²) in [6, 6.07) is 5.95. The summed E-state index contributed by atoms with van der Waals surface area (Å²) in [5, 5.41) is 10.4. The van der Waals surface area contributed by atoms with Gasteiger partial charge in [-0.2, -0.15) is 13.2 Å². The van der Waals surface area contributed by atoms with Gasteiger partial charge in [0.15, 0.2) is 0 Å². The molecular weight excluding hydrogens is 345 g/mol. The van der Waals surface area contributed by atoms with Gasteiger partial charge in [-0.3, -0.25) is 4.98 Å². The molecule has 2 aliphatic rings. The Morgan fingerprint density at radius 1 is 1.12 bits per heavy atom. The third kappa shape index (κ3) is 3.28. The highest BCUT2D eigenvalue weighted by atomic mass is 19.4. The molecule has 0 bridgehead atoms. The zero-order chi connectivity index (χ0) is 18.4. The first kappa shape index (κ1) is 17.3. The summed E-state index contributed by atoms with van der Waals surface area (Å²) in [4.78, 5) is 7.45. The summed E-state index contributed by atoms with van der Waals surface area (Å²) in [5.74, 6) is 0.594. The molecule has 2 aliphatic carbocycles. The topological polar surface area (TPSA) is 55.2 Å². The van der Waals surface area contributed by atoms with E-state index in [0.29, 0.717) is 5.75 Å². The average molecular weight is 364 g/mol. The normalized spacial score (nSPS) is 28.9. The van der Waals surface area contributed by atoms with E-state index in [1.807, 2.05) is 12.1 Å². The molecule has 0 saturated heterocycles. The van der Waals surface area contributed by atoms with Crippen molar-refractivity contribution in [2.45, 2.75) is 44.1 Å². The van der Waals surface area contributed by atoms with Crippen LogP contribution in [0.15, 0.2) is 42.9 Å². The smallest absolute Gasteiger partial charge is 0.433 e. The Labute approximate surface area is 149 Å². The molecule has 138 valence electrons. The Morgan fingerprint density at radius 2 is 1.88 bits per heavy atom. The maximum absolute atomic E-state index is 12.5. The molecule has 4 rings (SSSR count). The molecule has 1 unspecified atom stereocenters. The lowest BCUT2D eigenvalue weighted by atomic mass is 9.49. The minimum Gasteiger partial charge on any atom is -0.489 e. The van der Waals surface area contributed by atoms with Crippen LogP contribution >= 0.6 is 0 Å². The zero-order valence-corrected chi connectivity index (χ0v) is 14.0. The minimum absolute atomic E-state index is 0.00465. The Balaban J connectivity index is 1.26. The largest absolute Gasteiger partial charge is 0.489 e. The lowest BCUT2D eigenvalue weighted by molar-refractivity contribution is -0.141. The monoisotopic (exact) mass is 364 g/mol. The molecule has 1 spiro atoms. The first-order valence-electron chi connectivity index (χ1n) is 8.63. The van der Waals surface area contributed by atoms with Crippen LogP contribution in [0.3, 0.4) is 0 Å². The minimum atomic E-state index is -4.44. The fraction of sp³-hybridized carbons (Fsp3) is 0.474. The van der Waals surface area contributed by atoms with Gasteiger partial charge in [-0.1, -0.05) is 6.07 Å².